The summed E-state index contributed by atoms with van der Waals surface area (Å²) in [7, 11) is 0. The van der Waals surface area contributed by atoms with Gasteiger partial charge in [0.05, 0.1) is 5.02 Å². The lowest BCUT2D eigenvalue weighted by Crippen LogP contribution is -2.20. The third-order valence-corrected chi connectivity index (χ3v) is 1.88. The minimum Gasteiger partial charge on any atom is -0.480 e. The molecule has 3 nitrogen and oxygen atoms in total. The summed E-state index contributed by atoms with van der Waals surface area (Å²) in [5.74, 6) is -1.88. The molecule has 0 spiro atoms. The van der Waals surface area contributed by atoms with Crippen molar-refractivity contribution in [3.63, 3.8) is 0 Å². The van der Waals surface area contributed by atoms with Crippen molar-refractivity contribution in [3.8, 4) is 0 Å². The largest absolute Gasteiger partial charge is 0.480 e. The third-order valence-electron chi connectivity index (χ3n) is 1.57. The Morgan fingerprint density at radius 1 is 1.57 bits per heavy atom. The first-order valence-electron chi connectivity index (χ1n) is 3.45. The summed E-state index contributed by atoms with van der Waals surface area (Å²) >= 11 is 5.40. The van der Waals surface area contributed by atoms with E-state index in [2.05, 4.69) is 0 Å². The first-order valence-corrected chi connectivity index (χ1v) is 3.83. The van der Waals surface area contributed by atoms with Crippen LogP contribution in [0, 0.1) is 5.82 Å². The smallest absolute Gasteiger partial charge is 0.325 e. The molecule has 0 aromatic heterocycles. The van der Waals surface area contributed by atoms with Gasteiger partial charge >= 0.3 is 5.97 Å². The number of hydrogen-bond acceptors (Lipinski definition) is 2. The minimum atomic E-state index is -1.22. The Morgan fingerprint density at radius 3 is 2.57 bits per heavy atom. The average Bonchev–Trinajstić information content (AvgIpc) is 2.08. The van der Waals surface area contributed by atoms with Crippen LogP contribution < -0.4 is 5.73 Å². The van der Waals surface area contributed by atoms with Gasteiger partial charge in [0.25, 0.3) is 0 Å². The molecule has 0 heterocycles. The summed E-state index contributed by atoms with van der Waals surface area (Å²) in [4.78, 5) is 10.4. The number of benzene rings is 1. The van der Waals surface area contributed by atoms with Crippen molar-refractivity contribution in [1.29, 1.82) is 0 Å². The number of aliphatic carboxylic acids is 1. The molecule has 0 unspecified atom stereocenters. The van der Waals surface area contributed by atoms with Crippen molar-refractivity contribution in [2.24, 2.45) is 5.73 Å². The molecule has 0 aliphatic rings. The van der Waals surface area contributed by atoms with Crippen molar-refractivity contribution in [3.05, 3.63) is 34.6 Å². The molecule has 6 heteroatoms. The van der Waals surface area contributed by atoms with Gasteiger partial charge in [-0.1, -0.05) is 17.7 Å². The first kappa shape index (κ1) is 13.2. The standard InChI is InChI=1S/C8H7ClFNO2.ClH/c9-5-2-1-4(3-6(5)10)7(11)8(12)13;/h1-3,7H,11H2,(H,12,13);1H/t7-;/m0./s1. The average molecular weight is 240 g/mol. The number of carboxylic acid groups (broad SMARTS) is 1. The topological polar surface area (TPSA) is 63.3 Å². The second-order valence-electron chi connectivity index (χ2n) is 2.49. The lowest BCUT2D eigenvalue weighted by Gasteiger charge is -2.06. The van der Waals surface area contributed by atoms with Crippen LogP contribution in [0.1, 0.15) is 11.6 Å². The highest BCUT2D eigenvalue weighted by molar-refractivity contribution is 6.30. The summed E-state index contributed by atoms with van der Waals surface area (Å²) in [6, 6.07) is 2.45. The second-order valence-corrected chi connectivity index (χ2v) is 2.90. The number of hydrogen-bond donors (Lipinski definition) is 2. The van der Waals surface area contributed by atoms with Gasteiger partial charge in [-0.2, -0.15) is 0 Å². The summed E-state index contributed by atoms with van der Waals surface area (Å²) in [6.45, 7) is 0. The zero-order valence-electron chi connectivity index (χ0n) is 6.91. The third kappa shape index (κ3) is 2.83. The summed E-state index contributed by atoms with van der Waals surface area (Å²) in [5, 5.41) is 8.46. The van der Waals surface area contributed by atoms with Gasteiger partial charge in [-0.25, -0.2) is 4.39 Å². The highest BCUT2D eigenvalue weighted by atomic mass is 35.5. The molecule has 3 N–H and O–H groups in total. The molecule has 1 rings (SSSR count). The van der Waals surface area contributed by atoms with E-state index in [1.807, 2.05) is 0 Å². The Balaban J connectivity index is 0.00000169. The van der Waals surface area contributed by atoms with Crippen molar-refractivity contribution in [2.45, 2.75) is 6.04 Å². The van der Waals surface area contributed by atoms with E-state index in [1.54, 1.807) is 0 Å². The highest BCUT2D eigenvalue weighted by Crippen LogP contribution is 2.18. The van der Waals surface area contributed by atoms with Crippen LogP contribution in [-0.4, -0.2) is 11.1 Å². The molecule has 1 aromatic rings. The second kappa shape index (κ2) is 5.14. The van der Waals surface area contributed by atoms with Crippen LogP contribution in [-0.2, 0) is 4.79 Å². The Labute approximate surface area is 91.1 Å². The lowest BCUT2D eigenvalue weighted by atomic mass is 10.1. The molecular formula is C8H8Cl2FNO2. The van der Waals surface area contributed by atoms with E-state index in [-0.39, 0.29) is 23.0 Å². The molecule has 0 amide bonds. The molecule has 0 saturated carbocycles. The highest BCUT2D eigenvalue weighted by Gasteiger charge is 2.15. The predicted molar refractivity (Wildman–Crippen MR) is 53.2 cm³/mol. The molecule has 0 aliphatic heterocycles. The van der Waals surface area contributed by atoms with Crippen LogP contribution in [0.25, 0.3) is 0 Å². The van der Waals surface area contributed by atoms with Gasteiger partial charge in [-0.15, -0.1) is 12.4 Å². The molecular weight excluding hydrogens is 232 g/mol. The maximum atomic E-state index is 12.8. The van der Waals surface area contributed by atoms with E-state index in [4.69, 9.17) is 22.4 Å². The monoisotopic (exact) mass is 239 g/mol. The fraction of sp³-hybridized carbons (Fsp3) is 0.125. The zero-order valence-corrected chi connectivity index (χ0v) is 8.48. The summed E-state index contributed by atoms with van der Waals surface area (Å²) in [5.41, 5.74) is 5.44. The fourth-order valence-electron chi connectivity index (χ4n) is 0.848. The van der Waals surface area contributed by atoms with Crippen molar-refractivity contribution < 1.29 is 14.3 Å². The maximum Gasteiger partial charge on any atom is 0.325 e. The van der Waals surface area contributed by atoms with E-state index in [0.29, 0.717) is 0 Å². The van der Waals surface area contributed by atoms with Gasteiger partial charge in [0.15, 0.2) is 0 Å². The van der Waals surface area contributed by atoms with Crippen LogP contribution in [0.2, 0.25) is 5.02 Å². The van der Waals surface area contributed by atoms with Gasteiger partial charge in [0, 0.05) is 0 Å². The molecule has 1 aromatic carbocycles. The predicted octanol–water partition coefficient (Wildman–Crippen LogP) is 1.99. The fourth-order valence-corrected chi connectivity index (χ4v) is 0.966. The molecule has 0 fully saturated rings. The van der Waals surface area contributed by atoms with Crippen LogP contribution in [0.15, 0.2) is 18.2 Å². The zero-order chi connectivity index (χ0) is 10.0. The van der Waals surface area contributed by atoms with Crippen LogP contribution in [0.4, 0.5) is 4.39 Å². The Kier molecular flexibility index (Phi) is 4.83. The minimum absolute atomic E-state index is 0. The Bertz CT molecular complexity index is 346. The molecule has 0 radical (unpaired) electrons. The Morgan fingerprint density at radius 2 is 2.14 bits per heavy atom. The van der Waals surface area contributed by atoms with E-state index in [9.17, 15) is 9.18 Å². The molecule has 14 heavy (non-hydrogen) atoms. The molecule has 1 atom stereocenters. The molecule has 78 valence electrons. The van der Waals surface area contributed by atoms with E-state index >= 15 is 0 Å². The summed E-state index contributed by atoms with van der Waals surface area (Å²) in [6.07, 6.45) is 0. The maximum absolute atomic E-state index is 12.8. The first-order chi connectivity index (χ1) is 6.02. The van der Waals surface area contributed by atoms with Crippen molar-refractivity contribution in [1.82, 2.24) is 0 Å². The SMILES string of the molecule is Cl.N[C@H](C(=O)O)c1ccc(Cl)c(F)c1. The number of rotatable bonds is 2. The number of carboxylic acids is 1. The Hall–Kier alpha value is -0.840. The number of nitrogens with two attached hydrogens (primary N) is 1. The van der Waals surface area contributed by atoms with Gasteiger partial charge in [0.2, 0.25) is 0 Å². The molecule has 0 aliphatic carbocycles. The lowest BCUT2D eigenvalue weighted by molar-refractivity contribution is -0.138. The van der Waals surface area contributed by atoms with Crippen molar-refractivity contribution >= 4 is 30.0 Å². The van der Waals surface area contributed by atoms with E-state index < -0.39 is 17.8 Å². The van der Waals surface area contributed by atoms with Crippen molar-refractivity contribution in [2.75, 3.05) is 0 Å². The molecule has 0 bridgehead atoms. The summed E-state index contributed by atoms with van der Waals surface area (Å²) < 4.78 is 12.8. The van der Waals surface area contributed by atoms with Gasteiger partial charge in [-0.05, 0) is 17.7 Å². The van der Waals surface area contributed by atoms with E-state index in [0.717, 1.165) is 6.07 Å². The quantitative estimate of drug-likeness (QED) is 0.830. The molecule has 0 saturated heterocycles. The normalized spacial score (nSPS) is 11.6. The van der Waals surface area contributed by atoms with Gasteiger partial charge in [0.1, 0.15) is 11.9 Å². The van der Waals surface area contributed by atoms with Crippen LogP contribution in [0.3, 0.4) is 0 Å². The van der Waals surface area contributed by atoms with Crippen LogP contribution >= 0.6 is 24.0 Å². The number of halogens is 3. The number of carbonyl (C=O) groups is 1. The van der Waals surface area contributed by atoms with Gasteiger partial charge in [-0.3, -0.25) is 4.79 Å². The van der Waals surface area contributed by atoms with Gasteiger partial charge < -0.3 is 10.8 Å². The van der Waals surface area contributed by atoms with Crippen LogP contribution in [0.5, 0.6) is 0 Å². The van der Waals surface area contributed by atoms with E-state index in [1.165, 1.54) is 12.1 Å².